The highest BCUT2D eigenvalue weighted by Crippen LogP contribution is 2.52. The Kier molecular flexibility index (Phi) is 11.3. The van der Waals surface area contributed by atoms with Crippen molar-refractivity contribution in [2.24, 2.45) is 5.41 Å². The van der Waals surface area contributed by atoms with E-state index in [0.717, 1.165) is 69.2 Å². The van der Waals surface area contributed by atoms with Gasteiger partial charge in [-0.2, -0.15) is 0 Å². The van der Waals surface area contributed by atoms with Gasteiger partial charge >= 0.3 is 6.09 Å². The number of nitrogens with one attached hydrogen (secondary N) is 1. The minimum atomic E-state index is -3.03. The predicted octanol–water partition coefficient (Wildman–Crippen LogP) is 7.68. The third-order valence-corrected chi connectivity index (χ3v) is 13.6. The van der Waals surface area contributed by atoms with Gasteiger partial charge in [-0.1, -0.05) is 30.3 Å². The lowest BCUT2D eigenvalue weighted by molar-refractivity contribution is -0.227. The van der Waals surface area contributed by atoms with Crippen LogP contribution < -0.4 is 19.9 Å². The molecule has 14 nitrogen and oxygen atoms in total. The second-order valence-electron chi connectivity index (χ2n) is 18.8. The Balaban J connectivity index is 0.943. The van der Waals surface area contributed by atoms with Crippen molar-refractivity contribution in [2.75, 3.05) is 63.8 Å². The average molecular weight is 878 g/mol. The first-order chi connectivity index (χ1) is 30.6. The monoisotopic (exact) mass is 877 g/mol. The van der Waals surface area contributed by atoms with Crippen molar-refractivity contribution in [1.29, 1.82) is 0 Å². The molecule has 2 saturated heterocycles. The Hall–Kier alpha value is -5.87. The Morgan fingerprint density at radius 3 is 2.42 bits per heavy atom. The fourth-order valence-corrected chi connectivity index (χ4v) is 9.59. The summed E-state index contributed by atoms with van der Waals surface area (Å²) in [5.41, 5.74) is 5.79. The number of nitrogens with zero attached hydrogens (tertiary/aromatic N) is 8. The molecule has 2 aromatic carbocycles. The zero-order valence-corrected chi connectivity index (χ0v) is 37.6. The van der Waals surface area contributed by atoms with E-state index in [-0.39, 0.29) is 50.1 Å². The molecule has 2 amide bonds. The predicted molar refractivity (Wildman–Crippen MR) is 240 cm³/mol. The molecule has 3 aromatic heterocycles. The summed E-state index contributed by atoms with van der Waals surface area (Å²) in [6.45, 7) is 8.56. The average Bonchev–Trinajstić information content (AvgIpc) is 3.88. The summed E-state index contributed by atoms with van der Waals surface area (Å²) in [4.78, 5) is 43.5. The molecule has 1 N–H and O–H groups in total. The quantitative estimate of drug-likeness (QED) is 0.140. The molecule has 338 valence electrons. The molecule has 16 heteroatoms. The number of ether oxygens (including phenoxy) is 3. The van der Waals surface area contributed by atoms with Crippen LogP contribution in [0, 0.1) is 5.41 Å². The molecule has 6 heterocycles. The Labute approximate surface area is 372 Å². The molecule has 4 aliphatic rings. The van der Waals surface area contributed by atoms with Gasteiger partial charge in [0.2, 0.25) is 0 Å². The second kappa shape index (κ2) is 16.6. The summed E-state index contributed by atoms with van der Waals surface area (Å²) in [5.74, 6) is -1.83. The Morgan fingerprint density at radius 2 is 1.77 bits per heavy atom. The number of anilines is 3. The highest BCUT2D eigenvalue weighted by Gasteiger charge is 2.63. The molecule has 64 heavy (non-hydrogen) atoms. The molecular formula is C48H57F2N9O5. The second-order valence-corrected chi connectivity index (χ2v) is 18.8. The smallest absolute Gasteiger partial charge is 0.410 e. The molecule has 0 radical (unpaired) electrons. The summed E-state index contributed by atoms with van der Waals surface area (Å²) < 4.78 is 49.3. The van der Waals surface area contributed by atoms with Crippen LogP contribution in [0.4, 0.5) is 30.8 Å². The van der Waals surface area contributed by atoms with E-state index >= 15 is 8.78 Å². The third-order valence-electron chi connectivity index (χ3n) is 13.6. The number of carbonyl (C=O) groups is 2. The van der Waals surface area contributed by atoms with Gasteiger partial charge in [-0.15, -0.1) is 5.10 Å². The lowest BCUT2D eigenvalue weighted by atomic mass is 9.68. The van der Waals surface area contributed by atoms with Crippen LogP contribution in [0.5, 0.6) is 5.75 Å². The van der Waals surface area contributed by atoms with Gasteiger partial charge in [0.15, 0.2) is 17.2 Å². The highest BCUT2D eigenvalue weighted by atomic mass is 19.3. The number of methoxy groups -OCH3 is 2. The number of halogens is 2. The Bertz CT molecular complexity index is 2540. The minimum absolute atomic E-state index is 0.0191. The molecule has 1 aliphatic carbocycles. The maximum atomic E-state index is 15.7. The van der Waals surface area contributed by atoms with Gasteiger partial charge in [-0.05, 0) is 94.3 Å². The highest BCUT2D eigenvalue weighted by molar-refractivity contribution is 5.94. The van der Waals surface area contributed by atoms with Gasteiger partial charge in [0.25, 0.3) is 11.8 Å². The summed E-state index contributed by atoms with van der Waals surface area (Å²) in [5, 5.41) is 8.22. The van der Waals surface area contributed by atoms with E-state index in [1.807, 2.05) is 68.7 Å². The number of fused-ring (bicyclic) bond motifs is 2. The van der Waals surface area contributed by atoms with Crippen molar-refractivity contribution >= 4 is 34.8 Å². The van der Waals surface area contributed by atoms with Gasteiger partial charge in [0.1, 0.15) is 11.4 Å². The Morgan fingerprint density at radius 1 is 0.984 bits per heavy atom. The van der Waals surface area contributed by atoms with Crippen LogP contribution in [0.15, 0.2) is 73.1 Å². The molecule has 0 bridgehead atoms. The van der Waals surface area contributed by atoms with E-state index in [2.05, 4.69) is 32.1 Å². The molecule has 3 fully saturated rings. The fourth-order valence-electron chi connectivity index (χ4n) is 9.59. The molecule has 3 aliphatic heterocycles. The number of pyridine rings is 1. The lowest BCUT2D eigenvalue weighted by Gasteiger charge is -2.58. The molecular weight excluding hydrogens is 821 g/mol. The minimum Gasteiger partial charge on any atom is -0.497 e. The maximum Gasteiger partial charge on any atom is 0.410 e. The number of alkyl halides is 2. The first-order valence-electron chi connectivity index (χ1n) is 22.1. The van der Waals surface area contributed by atoms with Crippen molar-refractivity contribution in [3.63, 3.8) is 0 Å². The van der Waals surface area contributed by atoms with Crippen LogP contribution in [-0.2, 0) is 22.4 Å². The van der Waals surface area contributed by atoms with Gasteiger partial charge in [-0.3, -0.25) is 14.7 Å². The van der Waals surface area contributed by atoms with Crippen LogP contribution in [0.2, 0.25) is 0 Å². The van der Waals surface area contributed by atoms with Gasteiger partial charge in [-0.25, -0.2) is 23.1 Å². The SMILES string of the molecule is COc1ccc(CN(C)c2cc(N3CCc4c(-c5ccc([C@H](C)N6CC7(CCN(C(=O)OC(C)(C)C)CC7(F)F)C6)cn5)cccc43)nn3c(C(=O)N[C@@H]4CC[C@H]4OC)cnc23)cc1. The van der Waals surface area contributed by atoms with Crippen LogP contribution in [0.25, 0.3) is 16.9 Å². The van der Waals surface area contributed by atoms with Crippen LogP contribution in [0.1, 0.15) is 80.2 Å². The van der Waals surface area contributed by atoms with Crippen molar-refractivity contribution in [1.82, 2.24) is 34.7 Å². The zero-order chi connectivity index (χ0) is 45.1. The van der Waals surface area contributed by atoms with Crippen LogP contribution in [0.3, 0.4) is 0 Å². The number of aromatic nitrogens is 4. The standard InChI is InChI=1S/C48H57F2N9O5/c1-30(57-27-47(28-57)20-22-56(29-48(47,49)50)45(61)64-46(2,3)4)32-13-16-36(51-24-32)34-9-8-10-38-35(34)19-21-58(38)42-23-39(55(5)26-31-11-14-33(62-6)15-12-31)43-52-25-40(59(43)54-42)44(60)53-37-17-18-41(37)63-7/h8-16,23-25,30,37,41H,17-22,26-29H2,1-7H3,(H,53,60)/t30-,37+,41+/m0/s1. The number of benzene rings is 2. The van der Waals surface area contributed by atoms with Gasteiger partial charge in [0, 0.05) is 76.4 Å². The number of imidazole rings is 1. The van der Waals surface area contributed by atoms with Crippen LogP contribution in [-0.4, -0.2) is 119 Å². The molecule has 0 unspecified atom stereocenters. The van der Waals surface area contributed by atoms with E-state index < -0.39 is 29.6 Å². The van der Waals surface area contributed by atoms with Crippen LogP contribution >= 0.6 is 0 Å². The normalized spacial score (nSPS) is 20.6. The molecule has 1 saturated carbocycles. The van der Waals surface area contributed by atoms with Gasteiger partial charge < -0.3 is 34.2 Å². The van der Waals surface area contributed by atoms with E-state index in [1.165, 1.54) is 0 Å². The molecule has 9 rings (SSSR count). The first-order valence-corrected chi connectivity index (χ1v) is 22.1. The molecule has 5 aromatic rings. The van der Waals surface area contributed by atoms with Crippen molar-refractivity contribution in [3.05, 3.63) is 95.4 Å². The van der Waals surface area contributed by atoms with Crippen molar-refractivity contribution < 1.29 is 32.6 Å². The van der Waals surface area contributed by atoms with Crippen molar-refractivity contribution in [3.8, 4) is 17.0 Å². The first kappa shape index (κ1) is 43.4. The number of piperidine rings is 1. The zero-order valence-electron chi connectivity index (χ0n) is 37.6. The van der Waals surface area contributed by atoms with Crippen molar-refractivity contribution in [2.45, 2.75) is 89.6 Å². The summed E-state index contributed by atoms with van der Waals surface area (Å²) in [7, 11) is 5.32. The van der Waals surface area contributed by atoms with E-state index in [1.54, 1.807) is 45.7 Å². The third kappa shape index (κ3) is 7.99. The molecule has 1 spiro atoms. The number of hydrogen-bond donors (Lipinski definition) is 1. The van der Waals surface area contributed by atoms with E-state index in [4.69, 9.17) is 29.3 Å². The van der Waals surface area contributed by atoms with Gasteiger partial charge in [0.05, 0.1) is 48.8 Å². The van der Waals surface area contributed by atoms with E-state index in [9.17, 15) is 9.59 Å². The molecule has 3 atom stereocenters. The topological polar surface area (TPSA) is 130 Å². The number of likely N-dealkylation sites (tertiary alicyclic amines) is 2. The van der Waals surface area contributed by atoms with E-state index in [0.29, 0.717) is 30.2 Å². The number of hydrogen-bond acceptors (Lipinski definition) is 11. The fraction of sp³-hybridized carbons (Fsp3) is 0.479. The summed E-state index contributed by atoms with van der Waals surface area (Å²) >= 11 is 0. The lowest BCUT2D eigenvalue weighted by Crippen LogP contribution is -2.70. The summed E-state index contributed by atoms with van der Waals surface area (Å²) in [6.07, 6.45) is 5.43. The number of amides is 2. The number of rotatable bonds is 11. The number of carbonyl (C=O) groups excluding carboxylic acids is 2. The largest absolute Gasteiger partial charge is 0.497 e. The maximum absolute atomic E-state index is 15.7. The summed E-state index contributed by atoms with van der Waals surface area (Å²) in [6, 6.07) is 20.0.